The number of hydrogen-bond acceptors (Lipinski definition) is 0. The van der Waals surface area contributed by atoms with E-state index in [4.69, 9.17) is 0 Å². The summed E-state index contributed by atoms with van der Waals surface area (Å²) in [6, 6.07) is 27.7. The van der Waals surface area contributed by atoms with Gasteiger partial charge in [0, 0.05) is 11.1 Å². The molecular formula is C44H50Si2. The Morgan fingerprint density at radius 1 is 0.478 bits per heavy atom. The van der Waals surface area contributed by atoms with Crippen LogP contribution in [0.2, 0.25) is 33.2 Å². The highest BCUT2D eigenvalue weighted by molar-refractivity contribution is 6.92. The van der Waals surface area contributed by atoms with Crippen molar-refractivity contribution in [3.63, 3.8) is 0 Å². The molecule has 0 amide bonds. The SMILES string of the molecule is CC(C)[Si](C#Cc1cc(C#C[Si](C(C)C)(C(C)C)C2CC2)c2cc3cc4cc5ccccc5cc4cc3cc2c1)(C(C)C)C1CC1. The molecule has 5 aromatic carbocycles. The first-order chi connectivity index (χ1) is 22.0. The van der Waals surface area contributed by atoms with Crippen molar-refractivity contribution in [3.8, 4) is 22.9 Å². The highest BCUT2D eigenvalue weighted by Gasteiger charge is 2.51. The second-order valence-electron chi connectivity index (χ2n) is 15.9. The van der Waals surface area contributed by atoms with E-state index in [0.29, 0.717) is 22.2 Å². The topological polar surface area (TPSA) is 0 Å². The average Bonchev–Trinajstić information content (AvgIpc) is 3.93. The van der Waals surface area contributed by atoms with Crippen LogP contribution in [0, 0.1) is 22.9 Å². The van der Waals surface area contributed by atoms with Gasteiger partial charge in [-0.1, -0.05) is 117 Å². The fraction of sp³-hybridized carbons (Fsp3) is 0.409. The van der Waals surface area contributed by atoms with Crippen molar-refractivity contribution in [3.05, 3.63) is 83.9 Å². The zero-order valence-electron chi connectivity index (χ0n) is 29.2. The van der Waals surface area contributed by atoms with E-state index in [2.05, 4.69) is 151 Å². The van der Waals surface area contributed by atoms with Crippen LogP contribution in [0.5, 0.6) is 0 Å². The molecule has 0 bridgehead atoms. The van der Waals surface area contributed by atoms with Crippen LogP contribution in [0.4, 0.5) is 0 Å². The minimum absolute atomic E-state index is 0.658. The Bertz CT molecular complexity index is 2070. The molecule has 2 heteroatoms. The molecule has 0 N–H and O–H groups in total. The quantitative estimate of drug-likeness (QED) is 0.0990. The van der Waals surface area contributed by atoms with E-state index in [1.54, 1.807) is 0 Å². The lowest BCUT2D eigenvalue weighted by Crippen LogP contribution is -2.40. The van der Waals surface area contributed by atoms with Crippen LogP contribution in [0.1, 0.15) is 92.2 Å². The molecule has 5 aromatic rings. The summed E-state index contributed by atoms with van der Waals surface area (Å²) in [6.07, 6.45) is 5.49. The third kappa shape index (κ3) is 5.33. The van der Waals surface area contributed by atoms with Crippen LogP contribution in [-0.4, -0.2) is 16.1 Å². The smallest absolute Gasteiger partial charge is 0.125 e. The summed E-state index contributed by atoms with van der Waals surface area (Å²) in [4.78, 5) is 0. The number of hydrogen-bond donors (Lipinski definition) is 0. The Balaban J connectivity index is 1.45. The fourth-order valence-electron chi connectivity index (χ4n) is 9.21. The molecule has 0 atom stereocenters. The predicted octanol–water partition coefficient (Wildman–Crippen LogP) is 12.9. The lowest BCUT2D eigenvalue weighted by molar-refractivity contribution is 0.891. The van der Waals surface area contributed by atoms with Gasteiger partial charge in [0.25, 0.3) is 0 Å². The van der Waals surface area contributed by atoms with Crippen molar-refractivity contribution in [1.29, 1.82) is 0 Å². The second-order valence-corrected chi connectivity index (χ2v) is 26.4. The van der Waals surface area contributed by atoms with Crippen molar-refractivity contribution in [2.45, 2.75) is 114 Å². The van der Waals surface area contributed by atoms with E-state index in [1.165, 1.54) is 74.3 Å². The summed E-state index contributed by atoms with van der Waals surface area (Å²) in [7, 11) is -3.55. The van der Waals surface area contributed by atoms with E-state index >= 15 is 0 Å². The molecule has 2 saturated carbocycles. The highest BCUT2D eigenvalue weighted by Crippen LogP contribution is 2.55. The van der Waals surface area contributed by atoms with E-state index in [0.717, 1.165) is 16.6 Å². The lowest BCUT2D eigenvalue weighted by atomic mass is 9.95. The first-order valence-electron chi connectivity index (χ1n) is 17.9. The Morgan fingerprint density at radius 3 is 1.35 bits per heavy atom. The minimum atomic E-state index is -1.80. The summed E-state index contributed by atoms with van der Waals surface area (Å²) in [5, 5.41) is 10.3. The van der Waals surface area contributed by atoms with Crippen LogP contribution in [0.15, 0.2) is 72.8 Å². The summed E-state index contributed by atoms with van der Waals surface area (Å²) in [5.41, 5.74) is 14.9. The zero-order chi connectivity index (χ0) is 32.4. The highest BCUT2D eigenvalue weighted by atomic mass is 28.3. The molecule has 0 unspecified atom stereocenters. The Morgan fingerprint density at radius 2 is 0.891 bits per heavy atom. The van der Waals surface area contributed by atoms with Gasteiger partial charge in [0.05, 0.1) is 0 Å². The Kier molecular flexibility index (Phi) is 7.99. The van der Waals surface area contributed by atoms with Crippen molar-refractivity contribution < 1.29 is 0 Å². The van der Waals surface area contributed by atoms with E-state index in [1.807, 2.05) is 0 Å². The van der Waals surface area contributed by atoms with Gasteiger partial charge in [0.1, 0.15) is 16.1 Å². The van der Waals surface area contributed by atoms with Gasteiger partial charge < -0.3 is 0 Å². The van der Waals surface area contributed by atoms with Crippen LogP contribution in [-0.2, 0) is 0 Å². The standard InChI is InChI=1S/C44H50Si2/c1-29(2)45(30(3)4,42-13-14-42)19-17-33-21-36(18-20-46(31(5)6,32(7)8)43-15-16-43)44-28-40-26-38-24-35-12-10-9-11-34(35)23-37(38)25-39(40)27-41(44)22-33/h9-12,21-32,42-43H,13-16H2,1-8H3. The van der Waals surface area contributed by atoms with Crippen molar-refractivity contribution in [2.24, 2.45) is 0 Å². The van der Waals surface area contributed by atoms with Gasteiger partial charge >= 0.3 is 0 Å². The van der Waals surface area contributed by atoms with Gasteiger partial charge in [-0.15, -0.1) is 11.1 Å². The summed E-state index contributed by atoms with van der Waals surface area (Å²) in [6.45, 7) is 19.5. The van der Waals surface area contributed by atoms with Crippen LogP contribution in [0.25, 0.3) is 43.1 Å². The monoisotopic (exact) mass is 634 g/mol. The number of fused-ring (bicyclic) bond motifs is 4. The zero-order valence-corrected chi connectivity index (χ0v) is 31.2. The molecule has 0 radical (unpaired) electrons. The van der Waals surface area contributed by atoms with Crippen molar-refractivity contribution in [2.75, 3.05) is 0 Å². The molecule has 2 aliphatic rings. The maximum Gasteiger partial charge on any atom is 0.147 e. The predicted molar refractivity (Wildman–Crippen MR) is 208 cm³/mol. The molecule has 234 valence electrons. The summed E-state index contributed by atoms with van der Waals surface area (Å²) >= 11 is 0. The van der Waals surface area contributed by atoms with E-state index in [9.17, 15) is 0 Å². The Hall–Kier alpha value is -3.31. The van der Waals surface area contributed by atoms with Crippen LogP contribution >= 0.6 is 0 Å². The van der Waals surface area contributed by atoms with Crippen LogP contribution in [0.3, 0.4) is 0 Å². The van der Waals surface area contributed by atoms with Gasteiger partial charge in [-0.2, -0.15) is 0 Å². The molecule has 0 heterocycles. The molecule has 0 saturated heterocycles. The first kappa shape index (κ1) is 31.3. The molecule has 2 aliphatic carbocycles. The maximum absolute atomic E-state index is 4.11. The summed E-state index contributed by atoms with van der Waals surface area (Å²) in [5.74, 6) is 7.75. The van der Waals surface area contributed by atoms with E-state index in [-0.39, 0.29) is 0 Å². The third-order valence-corrected chi connectivity index (χ3v) is 24.5. The molecule has 46 heavy (non-hydrogen) atoms. The number of benzene rings is 5. The maximum atomic E-state index is 4.11. The fourth-order valence-corrected chi connectivity index (χ4v) is 20.2. The molecule has 0 aromatic heterocycles. The van der Waals surface area contributed by atoms with Gasteiger partial charge in [-0.3, -0.25) is 0 Å². The first-order valence-corrected chi connectivity index (χ1v) is 22.4. The molecule has 2 fully saturated rings. The second kappa shape index (κ2) is 11.7. The van der Waals surface area contributed by atoms with Gasteiger partial charge in [0.2, 0.25) is 0 Å². The van der Waals surface area contributed by atoms with Gasteiger partial charge in [-0.05, 0) is 125 Å². The Labute approximate surface area is 279 Å². The number of rotatable bonds is 6. The van der Waals surface area contributed by atoms with Gasteiger partial charge in [-0.25, -0.2) is 0 Å². The van der Waals surface area contributed by atoms with Crippen molar-refractivity contribution in [1.82, 2.24) is 0 Å². The molecule has 0 spiro atoms. The molecular weight excluding hydrogens is 585 g/mol. The van der Waals surface area contributed by atoms with Gasteiger partial charge in [0.15, 0.2) is 0 Å². The normalized spacial score (nSPS) is 15.7. The molecule has 0 aliphatic heterocycles. The van der Waals surface area contributed by atoms with Crippen molar-refractivity contribution >= 4 is 59.2 Å². The average molecular weight is 635 g/mol. The largest absolute Gasteiger partial charge is 0.147 e. The van der Waals surface area contributed by atoms with E-state index < -0.39 is 16.1 Å². The minimum Gasteiger partial charge on any atom is -0.125 e. The molecule has 0 nitrogen and oxygen atoms in total. The summed E-state index contributed by atoms with van der Waals surface area (Å²) < 4.78 is 0. The lowest BCUT2D eigenvalue weighted by Gasteiger charge is -2.34. The molecule has 7 rings (SSSR count). The van der Waals surface area contributed by atoms with Crippen LogP contribution < -0.4 is 0 Å². The third-order valence-electron chi connectivity index (χ3n) is 11.9.